The quantitative estimate of drug-likeness (QED) is 0.299. The first-order valence-corrected chi connectivity index (χ1v) is 14.5. The Kier molecular flexibility index (Phi) is 8.47. The van der Waals surface area contributed by atoms with Crippen molar-refractivity contribution in [3.05, 3.63) is 89.4 Å². The third kappa shape index (κ3) is 6.09. The number of methoxy groups -OCH3 is 3. The van der Waals surface area contributed by atoms with Crippen molar-refractivity contribution in [1.82, 2.24) is 14.9 Å². The fourth-order valence-electron chi connectivity index (χ4n) is 5.68. The first-order valence-electron chi connectivity index (χ1n) is 14.5. The van der Waals surface area contributed by atoms with E-state index in [-0.39, 0.29) is 23.4 Å². The number of carbonyl (C=O) groups excluding carboxylic acids is 1. The van der Waals surface area contributed by atoms with Gasteiger partial charge in [-0.25, -0.2) is 14.4 Å². The van der Waals surface area contributed by atoms with E-state index in [1.165, 1.54) is 17.8 Å². The summed E-state index contributed by atoms with van der Waals surface area (Å²) >= 11 is 0. The van der Waals surface area contributed by atoms with Crippen LogP contribution >= 0.6 is 0 Å². The van der Waals surface area contributed by atoms with E-state index in [0.29, 0.717) is 47.2 Å². The monoisotopic (exact) mass is 611 g/mol. The zero-order valence-corrected chi connectivity index (χ0v) is 25.4. The number of aliphatic imine (C=N–C) groups is 1. The minimum Gasteiger partial charge on any atom is -0.493 e. The lowest BCUT2D eigenvalue weighted by Gasteiger charge is -2.37. The molecule has 0 saturated carbocycles. The molecular formula is C33H34FN7O4. The summed E-state index contributed by atoms with van der Waals surface area (Å²) < 4.78 is 30.7. The number of rotatable bonds is 9. The van der Waals surface area contributed by atoms with E-state index in [0.717, 1.165) is 31.7 Å². The molecule has 0 bridgehead atoms. The van der Waals surface area contributed by atoms with Crippen LogP contribution in [0.15, 0.2) is 71.9 Å². The van der Waals surface area contributed by atoms with E-state index in [2.05, 4.69) is 36.9 Å². The molecule has 11 nitrogen and oxygen atoms in total. The van der Waals surface area contributed by atoms with Crippen LogP contribution in [0.2, 0.25) is 0 Å². The largest absolute Gasteiger partial charge is 0.493 e. The highest BCUT2D eigenvalue weighted by Gasteiger charge is 2.36. The van der Waals surface area contributed by atoms with E-state index in [1.807, 2.05) is 30.3 Å². The molecule has 12 heteroatoms. The van der Waals surface area contributed by atoms with Crippen molar-refractivity contribution in [3.63, 3.8) is 0 Å². The smallest absolute Gasteiger partial charge is 0.278 e. The van der Waals surface area contributed by atoms with Gasteiger partial charge in [-0.05, 0) is 48.0 Å². The Morgan fingerprint density at radius 3 is 2.29 bits per heavy atom. The number of nitrogen functional groups attached to an aromatic ring is 1. The number of fused-ring (bicyclic) bond motifs is 1. The van der Waals surface area contributed by atoms with Crippen LogP contribution in [0.3, 0.4) is 0 Å². The highest BCUT2D eigenvalue weighted by molar-refractivity contribution is 6.54. The minimum atomic E-state index is -0.464. The Morgan fingerprint density at radius 2 is 1.64 bits per heavy atom. The first-order chi connectivity index (χ1) is 21.9. The van der Waals surface area contributed by atoms with Crippen LogP contribution in [0.1, 0.15) is 16.7 Å². The molecule has 3 aromatic carbocycles. The lowest BCUT2D eigenvalue weighted by molar-refractivity contribution is -0.112. The Bertz CT molecular complexity index is 1720. The summed E-state index contributed by atoms with van der Waals surface area (Å²) in [6, 6.07) is 18.2. The molecule has 0 spiro atoms. The van der Waals surface area contributed by atoms with Crippen LogP contribution in [0, 0.1) is 5.82 Å². The Labute approximate surface area is 260 Å². The number of halogens is 1. The molecule has 2 N–H and O–H groups in total. The molecule has 0 unspecified atom stereocenters. The van der Waals surface area contributed by atoms with E-state index in [9.17, 15) is 9.18 Å². The fraction of sp³-hybridized carbons (Fsp3) is 0.273. The van der Waals surface area contributed by atoms with Gasteiger partial charge in [-0.15, -0.1) is 0 Å². The summed E-state index contributed by atoms with van der Waals surface area (Å²) in [5, 5.41) is 0. The summed E-state index contributed by atoms with van der Waals surface area (Å²) in [4.78, 5) is 33.1. The van der Waals surface area contributed by atoms with Gasteiger partial charge in [0.05, 0.1) is 33.7 Å². The molecule has 0 radical (unpaired) electrons. The number of ether oxygens (including phenoxy) is 3. The number of nitrogens with two attached hydrogens (primary N) is 1. The third-order valence-electron chi connectivity index (χ3n) is 8.00. The molecule has 1 saturated heterocycles. The highest BCUT2D eigenvalue weighted by Crippen LogP contribution is 2.39. The number of nitrogens with zero attached hydrogens (tertiary/aromatic N) is 6. The van der Waals surface area contributed by atoms with Crippen molar-refractivity contribution < 1.29 is 23.4 Å². The van der Waals surface area contributed by atoms with Gasteiger partial charge in [0, 0.05) is 55.6 Å². The molecule has 6 rings (SSSR count). The summed E-state index contributed by atoms with van der Waals surface area (Å²) in [6.07, 6.45) is 1.96. The molecule has 2 aliphatic heterocycles. The van der Waals surface area contributed by atoms with Gasteiger partial charge in [0.2, 0.25) is 5.75 Å². The number of hydrogen-bond donors (Lipinski definition) is 1. The van der Waals surface area contributed by atoms with Gasteiger partial charge in [-0.1, -0.05) is 18.2 Å². The topological polar surface area (TPSA) is 119 Å². The van der Waals surface area contributed by atoms with Gasteiger partial charge in [0.1, 0.15) is 17.3 Å². The number of anilines is 3. The number of benzene rings is 3. The summed E-state index contributed by atoms with van der Waals surface area (Å²) in [5.41, 5.74) is 10.1. The van der Waals surface area contributed by atoms with Crippen LogP contribution in [0.25, 0.3) is 0 Å². The maximum atomic E-state index is 14.4. The van der Waals surface area contributed by atoms with E-state index in [4.69, 9.17) is 19.9 Å². The summed E-state index contributed by atoms with van der Waals surface area (Å²) in [5.74, 6) is 0.929. The molecule has 232 valence electrons. The molecule has 4 aromatic rings. The van der Waals surface area contributed by atoms with Gasteiger partial charge in [-0.2, -0.15) is 4.98 Å². The predicted octanol–water partition coefficient (Wildman–Crippen LogP) is 4.06. The van der Waals surface area contributed by atoms with Crippen LogP contribution in [0.5, 0.6) is 17.2 Å². The van der Waals surface area contributed by atoms with Crippen molar-refractivity contribution in [3.8, 4) is 17.2 Å². The standard InChI is InChI=1S/C33H34FN7O4/c1-43-27-16-21(17-28(44-2)30(27)45-3)15-22-19-36-33(38-31(22)35)37-29-25-18-23(34)9-10-26(25)41(32(29)42)20-39-11-13-40(14-12-39)24-7-5-4-6-8-24/h4-10,16-19H,11-15,20H2,1-3H3,(H2,35,36,38)/b37-29-. The van der Waals surface area contributed by atoms with Crippen LogP contribution < -0.4 is 29.7 Å². The summed E-state index contributed by atoms with van der Waals surface area (Å²) in [7, 11) is 4.64. The molecule has 45 heavy (non-hydrogen) atoms. The molecule has 3 heterocycles. The maximum Gasteiger partial charge on any atom is 0.278 e. The lowest BCUT2D eigenvalue weighted by Crippen LogP contribution is -2.51. The van der Waals surface area contributed by atoms with Crippen molar-refractivity contribution >= 4 is 34.8 Å². The Balaban J connectivity index is 1.21. The predicted molar refractivity (Wildman–Crippen MR) is 171 cm³/mol. The van der Waals surface area contributed by atoms with Gasteiger partial charge >= 0.3 is 0 Å². The molecule has 1 fully saturated rings. The average Bonchev–Trinajstić information content (AvgIpc) is 3.31. The molecule has 0 atom stereocenters. The lowest BCUT2D eigenvalue weighted by atomic mass is 10.1. The maximum absolute atomic E-state index is 14.4. The number of amides is 1. The van der Waals surface area contributed by atoms with Crippen LogP contribution in [-0.2, 0) is 11.2 Å². The van der Waals surface area contributed by atoms with Gasteiger partial charge < -0.3 is 24.8 Å². The highest BCUT2D eigenvalue weighted by atomic mass is 19.1. The molecule has 1 aromatic heterocycles. The SMILES string of the molecule is COc1cc(Cc2cnc(/N=C3\C(=O)N(CN4CCN(c5ccccc5)CC4)c4ccc(F)cc43)nc2N)cc(OC)c1OC. The molecular weight excluding hydrogens is 577 g/mol. The fourth-order valence-corrected chi connectivity index (χ4v) is 5.68. The van der Waals surface area contributed by atoms with Crippen molar-refractivity contribution in [2.75, 3.05) is 69.7 Å². The van der Waals surface area contributed by atoms with E-state index in [1.54, 1.807) is 38.5 Å². The van der Waals surface area contributed by atoms with Crippen molar-refractivity contribution in [2.24, 2.45) is 4.99 Å². The third-order valence-corrected chi connectivity index (χ3v) is 8.00. The molecule has 0 aliphatic carbocycles. The van der Waals surface area contributed by atoms with Crippen molar-refractivity contribution in [2.45, 2.75) is 6.42 Å². The number of aromatic nitrogens is 2. The second-order valence-electron chi connectivity index (χ2n) is 10.7. The number of para-hydroxylation sites is 1. The second kappa shape index (κ2) is 12.8. The normalized spacial score (nSPS) is 15.8. The van der Waals surface area contributed by atoms with Gasteiger partial charge in [-0.3, -0.25) is 14.6 Å². The van der Waals surface area contributed by atoms with Crippen LogP contribution in [-0.4, -0.2) is 80.7 Å². The zero-order valence-electron chi connectivity index (χ0n) is 25.4. The van der Waals surface area contributed by atoms with E-state index < -0.39 is 5.82 Å². The average molecular weight is 612 g/mol. The number of hydrogen-bond acceptors (Lipinski definition) is 10. The minimum absolute atomic E-state index is 0.0121. The number of piperazine rings is 1. The van der Waals surface area contributed by atoms with Gasteiger partial charge in [0.15, 0.2) is 11.5 Å². The second-order valence-corrected chi connectivity index (χ2v) is 10.7. The van der Waals surface area contributed by atoms with Crippen LogP contribution in [0.4, 0.5) is 27.5 Å². The van der Waals surface area contributed by atoms with Crippen molar-refractivity contribution in [1.29, 1.82) is 0 Å². The molecule has 2 aliphatic rings. The zero-order chi connectivity index (χ0) is 31.5. The number of carbonyl (C=O) groups is 1. The Hall–Kier alpha value is -5.23. The first kappa shape index (κ1) is 29.8. The van der Waals surface area contributed by atoms with E-state index >= 15 is 0 Å². The Morgan fingerprint density at radius 1 is 0.933 bits per heavy atom. The summed E-state index contributed by atoms with van der Waals surface area (Å²) in [6.45, 7) is 3.57. The molecule has 1 amide bonds. The van der Waals surface area contributed by atoms with Gasteiger partial charge in [0.25, 0.3) is 11.9 Å².